The van der Waals surface area contributed by atoms with Crippen LogP contribution in [0.1, 0.15) is 24.8 Å². The Morgan fingerprint density at radius 1 is 1.37 bits per heavy atom. The molecule has 0 saturated carbocycles. The van der Waals surface area contributed by atoms with Crippen molar-refractivity contribution in [1.82, 2.24) is 5.32 Å². The van der Waals surface area contributed by atoms with Crippen molar-refractivity contribution in [2.75, 3.05) is 6.61 Å². The normalized spacial score (nSPS) is 24.6. The molecular weight excluding hydrogens is 238 g/mol. The van der Waals surface area contributed by atoms with E-state index in [1.807, 2.05) is 18.2 Å². The Morgan fingerprint density at radius 3 is 3.11 bits per heavy atom. The van der Waals surface area contributed by atoms with Crippen LogP contribution in [0.4, 0.5) is 0 Å². The van der Waals surface area contributed by atoms with Gasteiger partial charge >= 0.3 is 0 Å². The molecule has 1 aliphatic heterocycles. The molecule has 2 aliphatic rings. The Hall–Kier alpha value is -1.77. The molecule has 3 nitrogen and oxygen atoms in total. The molecule has 100 valence electrons. The van der Waals surface area contributed by atoms with Crippen molar-refractivity contribution < 1.29 is 9.53 Å². The minimum absolute atomic E-state index is 0.104. The molecule has 3 rings (SSSR count). The van der Waals surface area contributed by atoms with E-state index in [1.54, 1.807) is 0 Å². The molecule has 0 unspecified atom stereocenters. The van der Waals surface area contributed by atoms with E-state index in [-0.39, 0.29) is 11.9 Å². The van der Waals surface area contributed by atoms with Crippen LogP contribution in [0.25, 0.3) is 0 Å². The van der Waals surface area contributed by atoms with Crippen LogP contribution in [0.2, 0.25) is 0 Å². The standard InChI is InChI=1S/C16H19NO2/c18-16(9-12-5-1-2-6-12)17-14-10-13-7-3-4-8-15(13)19-11-14/h1,3-5,7-8,12,14H,2,6,9-11H2,(H,17,18)/t12-,14-/m1/s1. The fraction of sp³-hybridized carbons (Fsp3) is 0.438. The van der Waals surface area contributed by atoms with Gasteiger partial charge in [-0.1, -0.05) is 30.4 Å². The van der Waals surface area contributed by atoms with Gasteiger partial charge in [-0.05, 0) is 36.8 Å². The number of hydrogen-bond donors (Lipinski definition) is 1. The number of nitrogens with one attached hydrogen (secondary N) is 1. The highest BCUT2D eigenvalue weighted by Crippen LogP contribution is 2.24. The van der Waals surface area contributed by atoms with E-state index in [1.165, 1.54) is 5.56 Å². The van der Waals surface area contributed by atoms with Gasteiger partial charge in [0.2, 0.25) is 5.91 Å². The lowest BCUT2D eigenvalue weighted by Gasteiger charge is -2.26. The first-order chi connectivity index (χ1) is 9.31. The minimum Gasteiger partial charge on any atom is -0.491 e. The highest BCUT2D eigenvalue weighted by Gasteiger charge is 2.22. The number of fused-ring (bicyclic) bond motifs is 1. The lowest BCUT2D eigenvalue weighted by molar-refractivity contribution is -0.122. The van der Waals surface area contributed by atoms with Crippen LogP contribution in [0.3, 0.4) is 0 Å². The van der Waals surface area contributed by atoms with Crippen LogP contribution >= 0.6 is 0 Å². The van der Waals surface area contributed by atoms with Gasteiger partial charge in [0, 0.05) is 6.42 Å². The number of amides is 1. The molecule has 2 atom stereocenters. The maximum atomic E-state index is 12.0. The van der Waals surface area contributed by atoms with Crippen molar-refractivity contribution in [3.05, 3.63) is 42.0 Å². The van der Waals surface area contributed by atoms with Crippen LogP contribution in [-0.4, -0.2) is 18.6 Å². The van der Waals surface area contributed by atoms with Crippen molar-refractivity contribution in [1.29, 1.82) is 0 Å². The number of carbonyl (C=O) groups is 1. The van der Waals surface area contributed by atoms with Gasteiger partial charge in [0.1, 0.15) is 12.4 Å². The van der Waals surface area contributed by atoms with Gasteiger partial charge in [0.15, 0.2) is 0 Å². The topological polar surface area (TPSA) is 38.3 Å². The molecule has 0 saturated heterocycles. The number of allylic oxidation sites excluding steroid dienone is 2. The average molecular weight is 257 g/mol. The first-order valence-corrected chi connectivity index (χ1v) is 6.98. The van der Waals surface area contributed by atoms with E-state index in [4.69, 9.17) is 4.74 Å². The average Bonchev–Trinajstić information content (AvgIpc) is 2.91. The quantitative estimate of drug-likeness (QED) is 0.845. The summed E-state index contributed by atoms with van der Waals surface area (Å²) < 4.78 is 5.68. The molecule has 1 aliphatic carbocycles. The Balaban J connectivity index is 1.54. The van der Waals surface area contributed by atoms with Crippen molar-refractivity contribution in [2.24, 2.45) is 5.92 Å². The maximum absolute atomic E-state index is 12.0. The molecule has 0 spiro atoms. The summed E-state index contributed by atoms with van der Waals surface area (Å²) in [6.07, 6.45) is 8.01. The summed E-state index contributed by atoms with van der Waals surface area (Å²) in [5.41, 5.74) is 1.18. The zero-order chi connectivity index (χ0) is 13.1. The summed E-state index contributed by atoms with van der Waals surface area (Å²) in [6, 6.07) is 8.14. The SMILES string of the molecule is O=C(C[C@@H]1C=CCC1)N[C@H]1COc2ccccc2C1. The Bertz CT molecular complexity index is 495. The van der Waals surface area contributed by atoms with E-state index in [2.05, 4.69) is 23.5 Å². The predicted molar refractivity (Wildman–Crippen MR) is 74.1 cm³/mol. The number of carbonyl (C=O) groups excluding carboxylic acids is 1. The largest absolute Gasteiger partial charge is 0.491 e. The lowest BCUT2D eigenvalue weighted by Crippen LogP contribution is -2.43. The highest BCUT2D eigenvalue weighted by atomic mass is 16.5. The summed E-state index contributed by atoms with van der Waals surface area (Å²) >= 11 is 0. The van der Waals surface area contributed by atoms with Gasteiger partial charge in [-0.25, -0.2) is 0 Å². The summed E-state index contributed by atoms with van der Waals surface area (Å²) in [4.78, 5) is 12.0. The fourth-order valence-electron chi connectivity index (χ4n) is 2.81. The number of benzene rings is 1. The summed E-state index contributed by atoms with van der Waals surface area (Å²) in [5, 5.41) is 3.09. The first-order valence-electron chi connectivity index (χ1n) is 6.98. The van der Waals surface area contributed by atoms with Gasteiger partial charge in [0.05, 0.1) is 6.04 Å². The van der Waals surface area contributed by atoms with Crippen molar-refractivity contribution in [3.63, 3.8) is 0 Å². The number of hydrogen-bond acceptors (Lipinski definition) is 2. The van der Waals surface area contributed by atoms with Crippen LogP contribution in [0, 0.1) is 5.92 Å². The summed E-state index contributed by atoms with van der Waals surface area (Å²) in [6.45, 7) is 0.573. The predicted octanol–water partition coefficient (Wildman–Crippen LogP) is 2.46. The molecular formula is C16H19NO2. The van der Waals surface area contributed by atoms with Gasteiger partial charge in [-0.15, -0.1) is 0 Å². The van der Waals surface area contributed by atoms with Crippen molar-refractivity contribution in [2.45, 2.75) is 31.7 Å². The molecule has 1 heterocycles. The summed E-state index contributed by atoms with van der Waals surface area (Å²) in [7, 11) is 0. The third-order valence-corrected chi connectivity index (χ3v) is 3.80. The molecule has 0 radical (unpaired) electrons. The van der Waals surface area contributed by atoms with Gasteiger partial charge < -0.3 is 10.1 Å². The van der Waals surface area contributed by atoms with Crippen LogP contribution in [-0.2, 0) is 11.2 Å². The Kier molecular flexibility index (Phi) is 3.53. The Labute approximate surface area is 113 Å². The molecule has 19 heavy (non-hydrogen) atoms. The lowest BCUT2D eigenvalue weighted by atomic mass is 10.0. The third-order valence-electron chi connectivity index (χ3n) is 3.80. The molecule has 1 amide bonds. The van der Waals surface area contributed by atoms with E-state index in [9.17, 15) is 4.79 Å². The molecule has 1 N–H and O–H groups in total. The Morgan fingerprint density at radius 2 is 2.26 bits per heavy atom. The molecule has 0 aromatic heterocycles. The number of ether oxygens (including phenoxy) is 1. The van der Waals surface area contributed by atoms with Gasteiger partial charge in [-0.3, -0.25) is 4.79 Å². The zero-order valence-electron chi connectivity index (χ0n) is 11.0. The molecule has 0 fully saturated rings. The number of para-hydroxylation sites is 1. The van der Waals surface area contributed by atoms with Crippen molar-refractivity contribution in [3.8, 4) is 5.75 Å². The van der Waals surface area contributed by atoms with Crippen LogP contribution < -0.4 is 10.1 Å². The third kappa shape index (κ3) is 2.98. The second kappa shape index (κ2) is 5.47. The van der Waals surface area contributed by atoms with E-state index in [0.29, 0.717) is 18.9 Å². The molecule has 3 heteroatoms. The summed E-state index contributed by atoms with van der Waals surface area (Å²) in [5.74, 6) is 1.52. The monoisotopic (exact) mass is 257 g/mol. The molecule has 0 bridgehead atoms. The second-order valence-electron chi connectivity index (χ2n) is 5.36. The second-order valence-corrected chi connectivity index (χ2v) is 5.36. The smallest absolute Gasteiger partial charge is 0.220 e. The highest BCUT2D eigenvalue weighted by molar-refractivity contribution is 5.77. The van der Waals surface area contributed by atoms with Gasteiger partial charge in [0.25, 0.3) is 0 Å². The molecule has 1 aromatic rings. The van der Waals surface area contributed by atoms with Crippen LogP contribution in [0.15, 0.2) is 36.4 Å². The van der Waals surface area contributed by atoms with E-state index >= 15 is 0 Å². The van der Waals surface area contributed by atoms with Gasteiger partial charge in [-0.2, -0.15) is 0 Å². The minimum atomic E-state index is 0.104. The van der Waals surface area contributed by atoms with Crippen molar-refractivity contribution >= 4 is 5.91 Å². The van der Waals surface area contributed by atoms with E-state index in [0.717, 1.165) is 25.0 Å². The molecule has 1 aromatic carbocycles. The fourth-order valence-corrected chi connectivity index (χ4v) is 2.81. The number of rotatable bonds is 3. The zero-order valence-corrected chi connectivity index (χ0v) is 11.0. The van der Waals surface area contributed by atoms with E-state index < -0.39 is 0 Å². The maximum Gasteiger partial charge on any atom is 0.220 e. The first kappa shape index (κ1) is 12.3. The van der Waals surface area contributed by atoms with Crippen LogP contribution in [0.5, 0.6) is 5.75 Å².